The lowest BCUT2D eigenvalue weighted by atomic mass is 9.76. The van der Waals surface area contributed by atoms with Crippen molar-refractivity contribution >= 4 is 0 Å². The van der Waals surface area contributed by atoms with Crippen LogP contribution in [0.4, 0.5) is 0 Å². The third-order valence-corrected chi connectivity index (χ3v) is 5.18. The van der Waals surface area contributed by atoms with Crippen LogP contribution in [0.3, 0.4) is 0 Å². The van der Waals surface area contributed by atoms with Crippen molar-refractivity contribution in [1.29, 1.82) is 0 Å². The minimum atomic E-state index is 0.627. The summed E-state index contributed by atoms with van der Waals surface area (Å²) in [5.74, 6) is 1.66. The molecule has 1 fully saturated rings. The van der Waals surface area contributed by atoms with Crippen LogP contribution < -0.4 is 5.32 Å². The van der Waals surface area contributed by atoms with Crippen LogP contribution in [0.5, 0.6) is 0 Å². The van der Waals surface area contributed by atoms with Crippen molar-refractivity contribution in [3.05, 3.63) is 30.1 Å². The van der Waals surface area contributed by atoms with E-state index in [1.54, 1.807) is 0 Å². The Labute approximate surface area is 130 Å². The second-order valence-corrected chi connectivity index (χ2v) is 6.70. The highest BCUT2D eigenvalue weighted by molar-refractivity contribution is 5.10. The van der Waals surface area contributed by atoms with E-state index in [1.807, 2.05) is 12.4 Å². The first kappa shape index (κ1) is 16.4. The van der Waals surface area contributed by atoms with E-state index in [0.717, 1.165) is 24.9 Å². The van der Waals surface area contributed by atoms with Crippen LogP contribution >= 0.6 is 0 Å². The minimum absolute atomic E-state index is 0.627. The molecule has 0 aliphatic heterocycles. The number of pyridine rings is 1. The van der Waals surface area contributed by atoms with E-state index >= 15 is 0 Å². The molecule has 2 rings (SSSR count). The Hall–Kier alpha value is -0.930. The van der Waals surface area contributed by atoms with Crippen molar-refractivity contribution < 1.29 is 0 Å². The number of hydrogen-bond acceptors (Lipinski definition) is 3. The van der Waals surface area contributed by atoms with E-state index in [-0.39, 0.29) is 0 Å². The van der Waals surface area contributed by atoms with E-state index < -0.39 is 0 Å². The summed E-state index contributed by atoms with van der Waals surface area (Å²) in [6.45, 7) is 9.18. The molecular formula is C18H31N3. The van der Waals surface area contributed by atoms with Gasteiger partial charge in [0.2, 0.25) is 0 Å². The van der Waals surface area contributed by atoms with Gasteiger partial charge in [-0.1, -0.05) is 20.8 Å². The monoisotopic (exact) mass is 289 g/mol. The Balaban J connectivity index is 2.09. The van der Waals surface area contributed by atoms with Gasteiger partial charge in [0.15, 0.2) is 0 Å². The lowest BCUT2D eigenvalue weighted by Gasteiger charge is -2.43. The van der Waals surface area contributed by atoms with Gasteiger partial charge in [-0.2, -0.15) is 0 Å². The summed E-state index contributed by atoms with van der Waals surface area (Å²) in [4.78, 5) is 6.77. The number of aromatic nitrogens is 1. The molecule has 0 radical (unpaired) electrons. The normalized spacial score (nSPS) is 26.5. The number of likely N-dealkylation sites (N-methyl/N-ethyl adjacent to an activating group) is 2. The summed E-state index contributed by atoms with van der Waals surface area (Å²) in [7, 11) is 2.12. The fourth-order valence-corrected chi connectivity index (χ4v) is 3.71. The van der Waals surface area contributed by atoms with Crippen molar-refractivity contribution in [2.24, 2.45) is 11.8 Å². The van der Waals surface area contributed by atoms with Gasteiger partial charge in [-0.25, -0.2) is 0 Å². The maximum Gasteiger partial charge on any atom is 0.0271 e. The molecule has 0 aromatic carbocycles. The summed E-state index contributed by atoms with van der Waals surface area (Å²) in [6, 6.07) is 5.55. The topological polar surface area (TPSA) is 28.2 Å². The first-order chi connectivity index (χ1) is 10.2. The Bertz CT molecular complexity index is 404. The fourth-order valence-electron chi connectivity index (χ4n) is 3.71. The van der Waals surface area contributed by atoms with Gasteiger partial charge in [0, 0.05) is 31.0 Å². The van der Waals surface area contributed by atoms with Crippen LogP contribution in [0.1, 0.15) is 45.6 Å². The molecule has 3 unspecified atom stereocenters. The van der Waals surface area contributed by atoms with Crippen LogP contribution in [0, 0.1) is 11.8 Å². The average molecular weight is 289 g/mol. The Morgan fingerprint density at radius 3 is 2.57 bits per heavy atom. The molecule has 1 aliphatic rings. The van der Waals surface area contributed by atoms with Crippen LogP contribution in [0.25, 0.3) is 0 Å². The lowest BCUT2D eigenvalue weighted by Crippen LogP contribution is -2.52. The van der Waals surface area contributed by atoms with Gasteiger partial charge < -0.3 is 5.32 Å². The summed E-state index contributed by atoms with van der Waals surface area (Å²) in [5, 5.41) is 3.56. The van der Waals surface area contributed by atoms with E-state index in [2.05, 4.69) is 55.2 Å². The number of nitrogens with one attached hydrogen (secondary N) is 1. The predicted octanol–water partition coefficient (Wildman–Crippen LogP) is 3.32. The average Bonchev–Trinajstić information content (AvgIpc) is 2.53. The summed E-state index contributed by atoms with van der Waals surface area (Å²) < 4.78 is 0. The second kappa shape index (κ2) is 7.90. The quantitative estimate of drug-likeness (QED) is 0.871. The Kier molecular flexibility index (Phi) is 6.19. The molecule has 0 spiro atoms. The van der Waals surface area contributed by atoms with Crippen molar-refractivity contribution in [3.8, 4) is 0 Å². The molecule has 3 heteroatoms. The highest BCUT2D eigenvalue weighted by Gasteiger charge is 2.34. The van der Waals surface area contributed by atoms with Crippen LogP contribution in [0.2, 0.25) is 0 Å². The zero-order chi connectivity index (χ0) is 15.2. The molecule has 118 valence electrons. The highest BCUT2D eigenvalue weighted by Crippen LogP contribution is 2.33. The number of hydrogen-bond donors (Lipinski definition) is 1. The van der Waals surface area contributed by atoms with Crippen LogP contribution in [0.15, 0.2) is 24.5 Å². The van der Waals surface area contributed by atoms with Gasteiger partial charge in [0.1, 0.15) is 0 Å². The van der Waals surface area contributed by atoms with Gasteiger partial charge in [0.25, 0.3) is 0 Å². The molecule has 1 aromatic rings. The van der Waals surface area contributed by atoms with Gasteiger partial charge in [-0.05, 0) is 62.4 Å². The first-order valence-corrected chi connectivity index (χ1v) is 8.45. The Morgan fingerprint density at radius 2 is 2.00 bits per heavy atom. The van der Waals surface area contributed by atoms with Gasteiger partial charge >= 0.3 is 0 Å². The smallest absolute Gasteiger partial charge is 0.0271 e. The SMILES string of the molecule is CCN(Cc1ccncc1)C1CC(C(C)C)CCC1NC. The zero-order valence-electron chi connectivity index (χ0n) is 14.0. The van der Waals surface area contributed by atoms with Crippen LogP contribution in [-0.2, 0) is 6.54 Å². The molecular weight excluding hydrogens is 258 g/mol. The standard InChI is InChI=1S/C18H31N3/c1-5-21(13-15-8-10-20-11-9-15)18-12-16(14(2)3)6-7-17(18)19-4/h8-11,14,16-19H,5-7,12-13H2,1-4H3. The Morgan fingerprint density at radius 1 is 1.29 bits per heavy atom. The predicted molar refractivity (Wildman–Crippen MR) is 89.1 cm³/mol. The molecule has 21 heavy (non-hydrogen) atoms. The maximum absolute atomic E-state index is 4.13. The molecule has 1 aromatic heterocycles. The van der Waals surface area contributed by atoms with Crippen molar-refractivity contribution in [2.45, 2.75) is 58.7 Å². The molecule has 3 nitrogen and oxygen atoms in total. The molecule has 1 aliphatic carbocycles. The van der Waals surface area contributed by atoms with E-state index in [0.29, 0.717) is 12.1 Å². The molecule has 3 atom stereocenters. The van der Waals surface area contributed by atoms with Gasteiger partial charge in [-0.3, -0.25) is 9.88 Å². The third-order valence-electron chi connectivity index (χ3n) is 5.18. The van der Waals surface area contributed by atoms with Gasteiger partial charge in [0.05, 0.1) is 0 Å². The minimum Gasteiger partial charge on any atom is -0.315 e. The molecule has 1 heterocycles. The summed E-state index contributed by atoms with van der Waals surface area (Å²) in [6.07, 6.45) is 7.79. The molecule has 1 N–H and O–H groups in total. The van der Waals surface area contributed by atoms with Crippen molar-refractivity contribution in [1.82, 2.24) is 15.2 Å². The second-order valence-electron chi connectivity index (χ2n) is 6.70. The fraction of sp³-hybridized carbons (Fsp3) is 0.722. The van der Waals surface area contributed by atoms with Crippen LogP contribution in [-0.4, -0.2) is 35.6 Å². The van der Waals surface area contributed by atoms with E-state index in [4.69, 9.17) is 0 Å². The molecule has 0 bridgehead atoms. The van der Waals surface area contributed by atoms with E-state index in [9.17, 15) is 0 Å². The van der Waals surface area contributed by atoms with E-state index in [1.165, 1.54) is 24.8 Å². The summed E-state index contributed by atoms with van der Waals surface area (Å²) in [5.41, 5.74) is 1.37. The molecule has 1 saturated carbocycles. The molecule has 0 amide bonds. The zero-order valence-corrected chi connectivity index (χ0v) is 14.0. The number of nitrogens with zero attached hydrogens (tertiary/aromatic N) is 2. The first-order valence-electron chi connectivity index (χ1n) is 8.45. The largest absolute Gasteiger partial charge is 0.315 e. The van der Waals surface area contributed by atoms with Crippen molar-refractivity contribution in [3.63, 3.8) is 0 Å². The molecule has 0 saturated heterocycles. The van der Waals surface area contributed by atoms with Crippen molar-refractivity contribution in [2.75, 3.05) is 13.6 Å². The number of rotatable bonds is 6. The lowest BCUT2D eigenvalue weighted by molar-refractivity contribution is 0.0841. The highest BCUT2D eigenvalue weighted by atomic mass is 15.2. The summed E-state index contributed by atoms with van der Waals surface area (Å²) >= 11 is 0. The maximum atomic E-state index is 4.13. The van der Waals surface area contributed by atoms with Gasteiger partial charge in [-0.15, -0.1) is 0 Å². The third kappa shape index (κ3) is 4.27.